The van der Waals surface area contributed by atoms with Crippen LogP contribution in [0.1, 0.15) is 19.4 Å². The van der Waals surface area contributed by atoms with Crippen molar-refractivity contribution in [2.45, 2.75) is 32.2 Å². The van der Waals surface area contributed by atoms with Crippen LogP contribution in [0.5, 0.6) is 0 Å². The largest absolute Gasteiger partial charge is 0.417 e. The summed E-state index contributed by atoms with van der Waals surface area (Å²) in [5, 5.41) is 0. The molecule has 0 bridgehead atoms. The van der Waals surface area contributed by atoms with Gasteiger partial charge in [-0.25, -0.2) is 4.98 Å². The van der Waals surface area contributed by atoms with Crippen molar-refractivity contribution in [3.63, 3.8) is 0 Å². The molecule has 0 aromatic carbocycles. The molecular weight excluding hydrogens is 415 g/mol. The van der Waals surface area contributed by atoms with Crippen LogP contribution in [0.15, 0.2) is 12.3 Å². The Morgan fingerprint density at radius 1 is 1.00 bits per heavy atom. The highest BCUT2D eigenvalue weighted by Crippen LogP contribution is 2.37. The van der Waals surface area contributed by atoms with E-state index in [9.17, 15) is 13.2 Å². The fourth-order valence-corrected chi connectivity index (χ4v) is 3.75. The van der Waals surface area contributed by atoms with Gasteiger partial charge in [-0.05, 0) is 19.9 Å². The molecule has 2 aromatic rings. The number of alkyl halides is 3. The molecule has 2 saturated heterocycles. The monoisotopic (exact) mass is 439 g/mol. The normalized spacial score (nSPS) is 22.6. The van der Waals surface area contributed by atoms with E-state index in [-0.39, 0.29) is 29.4 Å². The first kappa shape index (κ1) is 21.5. The molecule has 0 unspecified atom stereocenters. The molecule has 4 rings (SSSR count). The van der Waals surface area contributed by atoms with Crippen LogP contribution in [0.25, 0.3) is 11.4 Å². The number of pyridine rings is 1. The Labute approximate surface area is 177 Å². The van der Waals surface area contributed by atoms with E-state index in [0.29, 0.717) is 51.3 Å². The summed E-state index contributed by atoms with van der Waals surface area (Å²) in [7, 11) is 0. The minimum absolute atomic E-state index is 0.0697. The zero-order chi connectivity index (χ0) is 22.2. The highest BCUT2D eigenvalue weighted by Gasteiger charge is 2.36. The average molecular weight is 439 g/mol. The van der Waals surface area contributed by atoms with Crippen molar-refractivity contribution >= 4 is 17.7 Å². The number of hydrogen-bond acceptors (Lipinski definition) is 9. The van der Waals surface area contributed by atoms with Gasteiger partial charge in [0.05, 0.1) is 36.5 Å². The lowest BCUT2D eigenvalue weighted by molar-refractivity contribution is -0.137. The zero-order valence-corrected chi connectivity index (χ0v) is 17.3. The highest BCUT2D eigenvalue weighted by atomic mass is 19.4. The molecule has 2 aromatic heterocycles. The number of aromatic nitrogens is 4. The molecule has 31 heavy (non-hydrogen) atoms. The summed E-state index contributed by atoms with van der Waals surface area (Å²) < 4.78 is 52.3. The number of halogens is 3. The summed E-state index contributed by atoms with van der Waals surface area (Å²) in [5.41, 5.74) is 4.34. The van der Waals surface area contributed by atoms with Gasteiger partial charge in [0, 0.05) is 32.4 Å². The van der Waals surface area contributed by atoms with E-state index in [1.54, 1.807) is 0 Å². The van der Waals surface area contributed by atoms with Gasteiger partial charge in [0.15, 0.2) is 5.82 Å². The number of morpholine rings is 2. The number of anilines is 3. The van der Waals surface area contributed by atoms with Crippen LogP contribution < -0.4 is 15.5 Å². The van der Waals surface area contributed by atoms with Crippen molar-refractivity contribution in [1.29, 1.82) is 0 Å². The molecule has 2 atom stereocenters. The third-order valence-corrected chi connectivity index (χ3v) is 5.08. The van der Waals surface area contributed by atoms with Crippen LogP contribution in [0.2, 0.25) is 0 Å². The average Bonchev–Trinajstić information content (AvgIpc) is 2.73. The van der Waals surface area contributed by atoms with E-state index in [0.717, 1.165) is 12.3 Å². The summed E-state index contributed by atoms with van der Waals surface area (Å²) in [4.78, 5) is 21.0. The van der Waals surface area contributed by atoms with E-state index in [1.165, 1.54) is 0 Å². The van der Waals surface area contributed by atoms with E-state index in [1.807, 2.05) is 23.6 Å². The van der Waals surface area contributed by atoms with Gasteiger partial charge in [0.2, 0.25) is 11.9 Å². The van der Waals surface area contributed by atoms with Gasteiger partial charge in [-0.1, -0.05) is 0 Å². The number of nitrogens with two attached hydrogens (primary N) is 1. The zero-order valence-electron chi connectivity index (χ0n) is 17.3. The van der Waals surface area contributed by atoms with Gasteiger partial charge >= 0.3 is 6.18 Å². The summed E-state index contributed by atoms with van der Waals surface area (Å²) in [6.07, 6.45) is -3.72. The van der Waals surface area contributed by atoms with Crippen LogP contribution in [-0.2, 0) is 15.7 Å². The van der Waals surface area contributed by atoms with Gasteiger partial charge in [-0.15, -0.1) is 0 Å². The smallest absolute Gasteiger partial charge is 0.384 e. The quantitative estimate of drug-likeness (QED) is 0.769. The second-order valence-electron chi connectivity index (χ2n) is 7.67. The third kappa shape index (κ3) is 4.79. The van der Waals surface area contributed by atoms with Gasteiger partial charge in [0.1, 0.15) is 5.82 Å². The molecule has 2 aliphatic rings. The standard InChI is InChI=1S/C19H24F3N7O2/c1-11-9-29(10-12(2)31-11)18-26-16(25-17(27-18)28-3-5-30-6-4-28)13-8-24-15(23)7-14(13)19(20,21)22/h7-8,11-12H,3-6,9-10H2,1-2H3,(H2,23,24)/t11-,12+. The first-order valence-electron chi connectivity index (χ1n) is 10.0. The van der Waals surface area contributed by atoms with E-state index in [4.69, 9.17) is 15.2 Å². The van der Waals surface area contributed by atoms with Gasteiger partial charge < -0.3 is 25.0 Å². The molecule has 2 aliphatic heterocycles. The second kappa shape index (κ2) is 8.42. The third-order valence-electron chi connectivity index (χ3n) is 5.08. The molecule has 168 valence electrons. The van der Waals surface area contributed by atoms with Gasteiger partial charge in [0.25, 0.3) is 0 Å². The Hall–Kier alpha value is -2.73. The van der Waals surface area contributed by atoms with E-state index in [2.05, 4.69) is 19.9 Å². The molecule has 0 amide bonds. The molecule has 9 nitrogen and oxygen atoms in total. The predicted octanol–water partition coefficient (Wildman–Crippen LogP) is 1.98. The lowest BCUT2D eigenvalue weighted by Gasteiger charge is -2.36. The van der Waals surface area contributed by atoms with Crippen molar-refractivity contribution in [1.82, 2.24) is 19.9 Å². The number of hydrogen-bond donors (Lipinski definition) is 1. The fraction of sp³-hybridized carbons (Fsp3) is 0.579. The molecular formula is C19H24F3N7O2. The Bertz CT molecular complexity index is 927. The molecule has 2 fully saturated rings. The van der Waals surface area contributed by atoms with Crippen LogP contribution in [-0.4, -0.2) is 71.5 Å². The fourth-order valence-electron chi connectivity index (χ4n) is 3.75. The molecule has 12 heteroatoms. The number of rotatable bonds is 3. The number of nitrogens with zero attached hydrogens (tertiary/aromatic N) is 6. The highest BCUT2D eigenvalue weighted by molar-refractivity contribution is 5.64. The van der Waals surface area contributed by atoms with E-state index < -0.39 is 11.7 Å². The molecule has 0 aliphatic carbocycles. The first-order valence-corrected chi connectivity index (χ1v) is 10.0. The molecule has 0 radical (unpaired) electrons. The summed E-state index contributed by atoms with van der Waals surface area (Å²) in [5.74, 6) is 0.284. The molecule has 2 N–H and O–H groups in total. The maximum Gasteiger partial charge on any atom is 0.417 e. The summed E-state index contributed by atoms with van der Waals surface area (Å²) in [6.45, 7) is 6.93. The minimum atomic E-state index is -4.64. The Morgan fingerprint density at radius 2 is 1.61 bits per heavy atom. The van der Waals surface area contributed by atoms with Gasteiger partial charge in [-0.3, -0.25) is 0 Å². The topological polar surface area (TPSA) is 103 Å². The predicted molar refractivity (Wildman–Crippen MR) is 108 cm³/mol. The Morgan fingerprint density at radius 3 is 2.23 bits per heavy atom. The molecule has 0 saturated carbocycles. The van der Waals surface area contributed by atoms with Gasteiger partial charge in [-0.2, -0.15) is 28.1 Å². The van der Waals surface area contributed by atoms with E-state index >= 15 is 0 Å². The Kier molecular flexibility index (Phi) is 5.84. The minimum Gasteiger partial charge on any atom is -0.384 e. The first-order chi connectivity index (χ1) is 14.7. The second-order valence-corrected chi connectivity index (χ2v) is 7.67. The lowest BCUT2D eigenvalue weighted by atomic mass is 10.1. The number of ether oxygens (including phenoxy) is 2. The SMILES string of the molecule is C[C@@H]1CN(c2nc(-c3cnc(N)cc3C(F)(F)F)nc(N3CCOCC3)n2)C[C@H](C)O1. The van der Waals surface area contributed by atoms with Crippen molar-refractivity contribution in [3.05, 3.63) is 17.8 Å². The molecule has 0 spiro atoms. The van der Waals surface area contributed by atoms with Crippen LogP contribution in [0.3, 0.4) is 0 Å². The summed E-state index contributed by atoms with van der Waals surface area (Å²) in [6, 6.07) is 0.798. The Balaban J connectivity index is 1.82. The van der Waals surface area contributed by atoms with Crippen molar-refractivity contribution in [2.75, 3.05) is 54.9 Å². The van der Waals surface area contributed by atoms with Crippen LogP contribution >= 0.6 is 0 Å². The molecule has 4 heterocycles. The lowest BCUT2D eigenvalue weighted by Crippen LogP contribution is -2.46. The number of nitrogen functional groups attached to an aromatic ring is 1. The maximum absolute atomic E-state index is 13.7. The summed E-state index contributed by atoms with van der Waals surface area (Å²) >= 11 is 0. The van der Waals surface area contributed by atoms with Crippen molar-refractivity contribution in [2.24, 2.45) is 0 Å². The van der Waals surface area contributed by atoms with Crippen molar-refractivity contribution in [3.8, 4) is 11.4 Å². The maximum atomic E-state index is 13.7. The van der Waals surface area contributed by atoms with Crippen LogP contribution in [0.4, 0.5) is 30.9 Å². The van der Waals surface area contributed by atoms with Crippen molar-refractivity contribution < 1.29 is 22.6 Å². The van der Waals surface area contributed by atoms with Crippen LogP contribution in [0, 0.1) is 0 Å².